The van der Waals surface area contributed by atoms with E-state index in [0.29, 0.717) is 0 Å². The summed E-state index contributed by atoms with van der Waals surface area (Å²) >= 11 is 0. The molecule has 0 bridgehead atoms. The average Bonchev–Trinajstić information content (AvgIpc) is 2.18. The normalized spacial score (nSPS) is 12.7. The minimum Gasteiger partial charge on any atom is -0.409 e. The van der Waals surface area contributed by atoms with Gasteiger partial charge in [-0.15, -0.1) is 0 Å². The molecular weight excluding hydrogens is 206 g/mol. The number of sulfone groups is 1. The van der Waals surface area contributed by atoms with Gasteiger partial charge < -0.3 is 10.9 Å². The number of rotatable bonds is 3. The average molecular weight is 215 g/mol. The van der Waals surface area contributed by atoms with Crippen molar-refractivity contribution in [2.24, 2.45) is 10.9 Å². The van der Waals surface area contributed by atoms with Gasteiger partial charge in [0.1, 0.15) is 5.75 Å². The molecule has 0 amide bonds. The quantitative estimate of drug-likeness (QED) is 0.309. The predicted molar refractivity (Wildman–Crippen MR) is 49.7 cm³/mol. The van der Waals surface area contributed by atoms with Gasteiger partial charge in [-0.25, -0.2) is 13.4 Å². The topological polar surface area (TPSA) is 106 Å². The fourth-order valence-corrected chi connectivity index (χ4v) is 1.93. The predicted octanol–water partition coefficient (Wildman–Crippen LogP) is -0.398. The van der Waals surface area contributed by atoms with E-state index in [2.05, 4.69) is 10.1 Å². The molecule has 0 atom stereocenters. The van der Waals surface area contributed by atoms with Gasteiger partial charge >= 0.3 is 0 Å². The fraction of sp³-hybridized carbons (Fsp3) is 0.143. The van der Waals surface area contributed by atoms with Crippen molar-refractivity contribution in [3.8, 4) is 0 Å². The fourth-order valence-electron chi connectivity index (χ4n) is 0.829. The van der Waals surface area contributed by atoms with Crippen LogP contribution < -0.4 is 5.73 Å². The number of amidine groups is 1. The smallest absolute Gasteiger partial charge is 0.202 e. The van der Waals surface area contributed by atoms with Gasteiger partial charge in [-0.3, -0.25) is 0 Å². The van der Waals surface area contributed by atoms with Crippen molar-refractivity contribution in [1.82, 2.24) is 4.98 Å². The molecule has 6 nitrogen and oxygen atoms in total. The molecule has 7 heteroatoms. The second-order valence-corrected chi connectivity index (χ2v) is 4.45. The minimum atomic E-state index is -3.60. The molecule has 1 rings (SSSR count). The lowest BCUT2D eigenvalue weighted by molar-refractivity contribution is 0.318. The number of aromatic nitrogens is 1. The van der Waals surface area contributed by atoms with E-state index >= 15 is 0 Å². The monoisotopic (exact) mass is 215 g/mol. The molecule has 0 fully saturated rings. The summed E-state index contributed by atoms with van der Waals surface area (Å²) in [6.07, 6.45) is 1.36. The SMILES string of the molecule is N/C(CS(=O)(=O)c1ccccn1)=N/O. The lowest BCUT2D eigenvalue weighted by Crippen LogP contribution is -2.24. The Morgan fingerprint density at radius 3 is 2.79 bits per heavy atom. The molecule has 0 saturated carbocycles. The lowest BCUT2D eigenvalue weighted by Gasteiger charge is -2.00. The van der Waals surface area contributed by atoms with Gasteiger partial charge in [-0.2, -0.15) is 0 Å². The van der Waals surface area contributed by atoms with Crippen LogP contribution in [0, 0.1) is 0 Å². The number of hydrogen-bond donors (Lipinski definition) is 2. The number of oxime groups is 1. The highest BCUT2D eigenvalue weighted by molar-refractivity contribution is 7.92. The van der Waals surface area contributed by atoms with Crippen LogP contribution >= 0.6 is 0 Å². The molecule has 0 aromatic carbocycles. The molecule has 0 aliphatic heterocycles. The van der Waals surface area contributed by atoms with E-state index in [4.69, 9.17) is 10.9 Å². The van der Waals surface area contributed by atoms with Crippen LogP contribution in [-0.4, -0.2) is 30.2 Å². The number of nitrogens with two attached hydrogens (primary N) is 1. The highest BCUT2D eigenvalue weighted by atomic mass is 32.2. The Morgan fingerprint density at radius 1 is 1.57 bits per heavy atom. The summed E-state index contributed by atoms with van der Waals surface area (Å²) in [5.41, 5.74) is 5.09. The van der Waals surface area contributed by atoms with Crippen LogP contribution in [0.4, 0.5) is 0 Å². The van der Waals surface area contributed by atoms with E-state index in [-0.39, 0.29) is 10.9 Å². The maximum absolute atomic E-state index is 11.5. The van der Waals surface area contributed by atoms with Crippen LogP contribution in [0.5, 0.6) is 0 Å². The van der Waals surface area contributed by atoms with E-state index in [1.165, 1.54) is 12.3 Å². The first-order valence-corrected chi connectivity index (χ1v) is 5.31. The van der Waals surface area contributed by atoms with Crippen molar-refractivity contribution in [1.29, 1.82) is 0 Å². The number of pyridine rings is 1. The second-order valence-electron chi connectivity index (χ2n) is 2.52. The summed E-state index contributed by atoms with van der Waals surface area (Å²) in [5.74, 6) is -0.906. The van der Waals surface area contributed by atoms with Gasteiger partial charge in [0, 0.05) is 6.20 Å². The lowest BCUT2D eigenvalue weighted by atomic mass is 10.5. The third-order valence-electron chi connectivity index (χ3n) is 1.42. The molecule has 0 spiro atoms. The minimum absolute atomic E-state index is 0.0911. The second kappa shape index (κ2) is 4.05. The zero-order valence-corrected chi connectivity index (χ0v) is 7.98. The molecule has 3 N–H and O–H groups in total. The molecule has 0 radical (unpaired) electrons. The summed E-state index contributed by atoms with van der Waals surface area (Å²) in [6, 6.07) is 4.49. The van der Waals surface area contributed by atoms with Crippen LogP contribution in [-0.2, 0) is 9.84 Å². The zero-order chi connectivity index (χ0) is 10.6. The molecule has 14 heavy (non-hydrogen) atoms. The molecule has 0 aliphatic rings. The Morgan fingerprint density at radius 2 is 2.29 bits per heavy atom. The van der Waals surface area contributed by atoms with Crippen LogP contribution in [0.25, 0.3) is 0 Å². The molecule has 0 saturated heterocycles. The number of nitrogens with zero attached hydrogens (tertiary/aromatic N) is 2. The Bertz CT molecular complexity index is 427. The highest BCUT2D eigenvalue weighted by Gasteiger charge is 2.17. The molecular formula is C7H9N3O3S. The van der Waals surface area contributed by atoms with Crippen molar-refractivity contribution >= 4 is 15.7 Å². The highest BCUT2D eigenvalue weighted by Crippen LogP contribution is 2.05. The molecule has 76 valence electrons. The van der Waals surface area contributed by atoms with E-state index in [1.54, 1.807) is 12.1 Å². The van der Waals surface area contributed by atoms with E-state index in [9.17, 15) is 8.42 Å². The summed E-state index contributed by atoms with van der Waals surface area (Å²) < 4.78 is 22.9. The van der Waals surface area contributed by atoms with Crippen molar-refractivity contribution in [2.45, 2.75) is 5.03 Å². The Labute approximate surface area is 81.0 Å². The molecule has 0 unspecified atom stereocenters. The third-order valence-corrected chi connectivity index (χ3v) is 2.98. The van der Waals surface area contributed by atoms with E-state index in [0.717, 1.165) is 0 Å². The standard InChI is InChI=1S/C7H9N3O3S/c8-6(10-11)5-14(12,13)7-3-1-2-4-9-7/h1-4,11H,5H2,(H2,8,10). The Hall–Kier alpha value is -1.63. The van der Waals surface area contributed by atoms with E-state index < -0.39 is 15.6 Å². The van der Waals surface area contributed by atoms with Crippen LogP contribution in [0.2, 0.25) is 0 Å². The van der Waals surface area contributed by atoms with Gasteiger partial charge in [0.15, 0.2) is 10.9 Å². The number of hydrogen-bond acceptors (Lipinski definition) is 5. The van der Waals surface area contributed by atoms with E-state index in [1.807, 2.05) is 0 Å². The molecule has 0 aliphatic carbocycles. The molecule has 1 heterocycles. The first kappa shape index (κ1) is 10.5. The largest absolute Gasteiger partial charge is 0.409 e. The van der Waals surface area contributed by atoms with Gasteiger partial charge in [-0.1, -0.05) is 11.2 Å². The van der Waals surface area contributed by atoms with Crippen molar-refractivity contribution < 1.29 is 13.6 Å². The third kappa shape index (κ3) is 2.43. The molecule has 1 aromatic heterocycles. The zero-order valence-electron chi connectivity index (χ0n) is 7.16. The Balaban J connectivity index is 2.99. The van der Waals surface area contributed by atoms with Gasteiger partial charge in [-0.05, 0) is 12.1 Å². The van der Waals surface area contributed by atoms with Crippen LogP contribution in [0.1, 0.15) is 0 Å². The Kier molecular flexibility index (Phi) is 3.03. The van der Waals surface area contributed by atoms with Gasteiger partial charge in [0.2, 0.25) is 9.84 Å². The summed E-state index contributed by atoms with van der Waals surface area (Å²) in [6.45, 7) is 0. The van der Waals surface area contributed by atoms with Crippen molar-refractivity contribution in [3.63, 3.8) is 0 Å². The first-order chi connectivity index (χ1) is 6.56. The molecule has 1 aromatic rings. The van der Waals surface area contributed by atoms with Gasteiger partial charge in [0.25, 0.3) is 0 Å². The summed E-state index contributed by atoms with van der Waals surface area (Å²) in [5, 5.41) is 10.7. The first-order valence-electron chi connectivity index (χ1n) is 3.66. The maximum atomic E-state index is 11.5. The summed E-state index contributed by atoms with van der Waals surface area (Å²) in [4.78, 5) is 3.66. The van der Waals surface area contributed by atoms with Crippen LogP contribution in [0.3, 0.4) is 0 Å². The summed E-state index contributed by atoms with van der Waals surface area (Å²) in [7, 11) is -3.60. The maximum Gasteiger partial charge on any atom is 0.202 e. The van der Waals surface area contributed by atoms with Gasteiger partial charge in [0.05, 0.1) is 0 Å². The van der Waals surface area contributed by atoms with Crippen molar-refractivity contribution in [3.05, 3.63) is 24.4 Å². The van der Waals surface area contributed by atoms with Crippen molar-refractivity contribution in [2.75, 3.05) is 5.75 Å². The van der Waals surface area contributed by atoms with Crippen LogP contribution in [0.15, 0.2) is 34.6 Å².